The number of aryl methyl sites for hydroxylation is 1. The van der Waals surface area contributed by atoms with E-state index in [0.29, 0.717) is 34.1 Å². The lowest BCUT2D eigenvalue weighted by Gasteiger charge is -2.05. The molecular formula is C17H15ClN4O2S. The zero-order valence-corrected chi connectivity index (χ0v) is 15.0. The molecule has 0 radical (unpaired) electrons. The highest BCUT2D eigenvalue weighted by Crippen LogP contribution is 2.17. The summed E-state index contributed by atoms with van der Waals surface area (Å²) in [4.78, 5) is 25.6. The number of hydrogen-bond acceptors (Lipinski definition) is 4. The van der Waals surface area contributed by atoms with Gasteiger partial charge in [-0.05, 0) is 35.6 Å². The largest absolute Gasteiger partial charge is 0.352 e. The summed E-state index contributed by atoms with van der Waals surface area (Å²) in [7, 11) is 0. The molecule has 4 aromatic rings. The maximum absolute atomic E-state index is 12.9. The molecule has 0 amide bonds. The molecule has 0 aliphatic carbocycles. The van der Waals surface area contributed by atoms with Gasteiger partial charge < -0.3 is 0 Å². The Morgan fingerprint density at radius 2 is 2.08 bits per heavy atom. The van der Waals surface area contributed by atoms with Crippen molar-refractivity contribution < 1.29 is 0 Å². The second kappa shape index (κ2) is 6.16. The Bertz CT molecular complexity index is 1200. The van der Waals surface area contributed by atoms with Crippen molar-refractivity contribution in [1.29, 1.82) is 0 Å². The van der Waals surface area contributed by atoms with E-state index in [-0.39, 0.29) is 11.2 Å². The number of halogens is 1. The Kier molecular flexibility index (Phi) is 3.97. The van der Waals surface area contributed by atoms with E-state index < -0.39 is 0 Å². The predicted molar refractivity (Wildman–Crippen MR) is 99.9 cm³/mol. The Hall–Kier alpha value is -2.38. The van der Waals surface area contributed by atoms with Gasteiger partial charge in [0, 0.05) is 11.6 Å². The summed E-state index contributed by atoms with van der Waals surface area (Å²) >= 11 is 7.37. The smallest absolute Gasteiger partial charge is 0.276 e. The minimum Gasteiger partial charge on any atom is -0.276 e. The van der Waals surface area contributed by atoms with Crippen LogP contribution in [-0.2, 0) is 13.1 Å². The summed E-state index contributed by atoms with van der Waals surface area (Å²) in [6, 6.07) is 9.10. The van der Waals surface area contributed by atoms with Gasteiger partial charge in [0.2, 0.25) is 5.78 Å². The summed E-state index contributed by atoms with van der Waals surface area (Å²) in [5.74, 6) is 0.379. The molecule has 0 bridgehead atoms. The minimum atomic E-state index is -0.261. The molecule has 0 saturated carbocycles. The zero-order valence-electron chi connectivity index (χ0n) is 13.5. The van der Waals surface area contributed by atoms with Crippen molar-refractivity contribution in [2.45, 2.75) is 26.4 Å². The standard InChI is InChI=1S/C17H15ClN4O2S/c1-2-7-20-15(23)14-13(6-8-25-14)22-16(20)19-21(17(22)24)10-11-4-3-5-12(18)9-11/h3-6,8-9H,2,7,10H2,1H3. The number of aromatic nitrogens is 4. The van der Waals surface area contributed by atoms with E-state index in [4.69, 9.17) is 11.6 Å². The Morgan fingerprint density at radius 3 is 2.84 bits per heavy atom. The fourth-order valence-electron chi connectivity index (χ4n) is 2.97. The first-order chi connectivity index (χ1) is 12.1. The van der Waals surface area contributed by atoms with Gasteiger partial charge in [-0.3, -0.25) is 9.36 Å². The lowest BCUT2D eigenvalue weighted by Crippen LogP contribution is -2.25. The second-order valence-corrected chi connectivity index (χ2v) is 7.15. The van der Waals surface area contributed by atoms with E-state index in [1.807, 2.05) is 24.4 Å². The highest BCUT2D eigenvalue weighted by Gasteiger charge is 2.17. The second-order valence-electron chi connectivity index (χ2n) is 5.80. The predicted octanol–water partition coefficient (Wildman–Crippen LogP) is 2.98. The zero-order chi connectivity index (χ0) is 17.6. The van der Waals surface area contributed by atoms with Crippen molar-refractivity contribution in [3.8, 4) is 0 Å². The molecular weight excluding hydrogens is 360 g/mol. The molecule has 0 saturated heterocycles. The van der Waals surface area contributed by atoms with E-state index in [1.165, 1.54) is 20.4 Å². The minimum absolute atomic E-state index is 0.0979. The summed E-state index contributed by atoms with van der Waals surface area (Å²) in [5.41, 5.74) is 1.13. The van der Waals surface area contributed by atoms with Crippen LogP contribution in [0.15, 0.2) is 45.3 Å². The maximum atomic E-state index is 12.9. The number of rotatable bonds is 4. The molecule has 3 heterocycles. The van der Waals surface area contributed by atoms with Crippen molar-refractivity contribution in [2.24, 2.45) is 0 Å². The van der Waals surface area contributed by atoms with Crippen LogP contribution in [0.25, 0.3) is 16.0 Å². The first kappa shape index (κ1) is 16.1. The fraction of sp³-hybridized carbons (Fsp3) is 0.235. The third-order valence-electron chi connectivity index (χ3n) is 4.06. The summed E-state index contributed by atoms with van der Waals surface area (Å²) < 4.78 is 5.05. The topological polar surface area (TPSA) is 61.3 Å². The van der Waals surface area contributed by atoms with E-state index in [9.17, 15) is 9.59 Å². The first-order valence-corrected chi connectivity index (χ1v) is 9.20. The van der Waals surface area contributed by atoms with Gasteiger partial charge in [0.1, 0.15) is 4.70 Å². The summed E-state index contributed by atoms with van der Waals surface area (Å²) in [5, 5.41) is 6.87. The van der Waals surface area contributed by atoms with E-state index in [0.717, 1.165) is 12.0 Å². The average molecular weight is 375 g/mol. The van der Waals surface area contributed by atoms with Gasteiger partial charge in [0.15, 0.2) is 0 Å². The Morgan fingerprint density at radius 1 is 1.24 bits per heavy atom. The molecule has 6 nitrogen and oxygen atoms in total. The highest BCUT2D eigenvalue weighted by atomic mass is 35.5. The molecule has 0 aliphatic heterocycles. The molecule has 3 aromatic heterocycles. The highest BCUT2D eigenvalue weighted by molar-refractivity contribution is 7.17. The van der Waals surface area contributed by atoms with Crippen LogP contribution in [0.1, 0.15) is 18.9 Å². The lowest BCUT2D eigenvalue weighted by molar-refractivity contribution is 0.640. The van der Waals surface area contributed by atoms with Gasteiger partial charge in [-0.2, -0.15) is 0 Å². The number of thiophene rings is 1. The normalized spacial score (nSPS) is 11.6. The molecule has 1 aromatic carbocycles. The van der Waals surface area contributed by atoms with E-state index in [1.54, 1.807) is 22.8 Å². The van der Waals surface area contributed by atoms with Gasteiger partial charge in [0.05, 0.1) is 12.1 Å². The number of nitrogens with zero attached hydrogens (tertiary/aromatic N) is 4. The van der Waals surface area contributed by atoms with Gasteiger partial charge in [0.25, 0.3) is 5.56 Å². The Balaban J connectivity index is 1.99. The van der Waals surface area contributed by atoms with Crippen molar-refractivity contribution in [3.63, 3.8) is 0 Å². The van der Waals surface area contributed by atoms with Crippen LogP contribution < -0.4 is 11.2 Å². The van der Waals surface area contributed by atoms with Gasteiger partial charge in [-0.1, -0.05) is 30.7 Å². The van der Waals surface area contributed by atoms with E-state index >= 15 is 0 Å². The number of fused-ring (bicyclic) bond motifs is 3. The van der Waals surface area contributed by atoms with E-state index in [2.05, 4.69) is 5.10 Å². The number of hydrogen-bond donors (Lipinski definition) is 0. The van der Waals surface area contributed by atoms with Crippen molar-refractivity contribution in [2.75, 3.05) is 0 Å². The van der Waals surface area contributed by atoms with Crippen LogP contribution >= 0.6 is 22.9 Å². The molecule has 8 heteroatoms. The monoisotopic (exact) mass is 374 g/mol. The molecule has 0 N–H and O–H groups in total. The quantitative estimate of drug-likeness (QED) is 0.551. The van der Waals surface area contributed by atoms with Crippen molar-refractivity contribution in [1.82, 2.24) is 18.7 Å². The molecule has 0 fully saturated rings. The molecule has 4 rings (SSSR count). The number of benzene rings is 1. The van der Waals surface area contributed by atoms with Crippen LogP contribution in [0.3, 0.4) is 0 Å². The van der Waals surface area contributed by atoms with Gasteiger partial charge in [-0.15, -0.1) is 16.4 Å². The fourth-order valence-corrected chi connectivity index (χ4v) is 4.01. The molecule has 0 atom stereocenters. The van der Waals surface area contributed by atoms with Crippen LogP contribution in [0, 0.1) is 0 Å². The first-order valence-electron chi connectivity index (χ1n) is 7.94. The third kappa shape index (κ3) is 2.60. The molecule has 25 heavy (non-hydrogen) atoms. The SMILES string of the molecule is CCCn1c(=O)c2sccc2n2c(=O)n(Cc3cccc(Cl)c3)nc12. The van der Waals surface area contributed by atoms with Crippen molar-refractivity contribution >= 4 is 38.9 Å². The van der Waals surface area contributed by atoms with Gasteiger partial charge in [-0.25, -0.2) is 13.9 Å². The summed E-state index contributed by atoms with van der Waals surface area (Å²) in [6.45, 7) is 2.80. The third-order valence-corrected chi connectivity index (χ3v) is 5.18. The lowest BCUT2D eigenvalue weighted by atomic mass is 10.2. The van der Waals surface area contributed by atoms with Crippen LogP contribution in [-0.4, -0.2) is 18.7 Å². The molecule has 128 valence electrons. The summed E-state index contributed by atoms with van der Waals surface area (Å²) in [6.07, 6.45) is 0.780. The maximum Gasteiger partial charge on any atom is 0.352 e. The van der Waals surface area contributed by atoms with Crippen LogP contribution in [0.5, 0.6) is 0 Å². The van der Waals surface area contributed by atoms with Crippen LogP contribution in [0.4, 0.5) is 0 Å². The molecule has 0 aliphatic rings. The van der Waals surface area contributed by atoms with Crippen molar-refractivity contribution in [3.05, 3.63) is 67.1 Å². The molecule has 0 spiro atoms. The average Bonchev–Trinajstić information content (AvgIpc) is 3.17. The Labute approximate surface area is 151 Å². The van der Waals surface area contributed by atoms with Crippen LogP contribution in [0.2, 0.25) is 5.02 Å². The molecule has 0 unspecified atom stereocenters. The van der Waals surface area contributed by atoms with Gasteiger partial charge >= 0.3 is 5.69 Å².